The number of amides is 1. The Morgan fingerprint density at radius 2 is 1.96 bits per heavy atom. The van der Waals surface area contributed by atoms with Crippen LogP contribution in [0.5, 0.6) is 11.5 Å². The van der Waals surface area contributed by atoms with Crippen molar-refractivity contribution in [1.29, 1.82) is 0 Å². The summed E-state index contributed by atoms with van der Waals surface area (Å²) < 4.78 is 11.0. The molecule has 0 spiro atoms. The van der Waals surface area contributed by atoms with Crippen molar-refractivity contribution in [2.45, 2.75) is 26.7 Å². The molecule has 0 saturated carbocycles. The fraction of sp³-hybridized carbons (Fsp3) is 0.588. The SMILES string of the molecule is CNCCCNC(=O)c1ccc(OCCC(C)C)c(OC)c1.Cl. The second-order valence-corrected chi connectivity index (χ2v) is 5.61. The molecule has 0 unspecified atom stereocenters. The molecule has 5 nitrogen and oxygen atoms in total. The van der Waals surface area contributed by atoms with Gasteiger partial charge in [0.2, 0.25) is 0 Å². The number of nitrogens with one attached hydrogen (secondary N) is 2. The van der Waals surface area contributed by atoms with Gasteiger partial charge in [-0.15, -0.1) is 12.4 Å². The first kappa shape index (κ1) is 21.5. The number of carbonyl (C=O) groups is 1. The van der Waals surface area contributed by atoms with Gasteiger partial charge in [0.25, 0.3) is 5.91 Å². The predicted octanol–water partition coefficient (Wildman–Crippen LogP) is 2.88. The van der Waals surface area contributed by atoms with Gasteiger partial charge in [-0.2, -0.15) is 0 Å². The van der Waals surface area contributed by atoms with Crippen LogP contribution in [0.1, 0.15) is 37.0 Å². The summed E-state index contributed by atoms with van der Waals surface area (Å²) in [6, 6.07) is 5.28. The molecule has 0 aliphatic heterocycles. The van der Waals surface area contributed by atoms with Gasteiger partial charge in [-0.25, -0.2) is 0 Å². The highest BCUT2D eigenvalue weighted by atomic mass is 35.5. The van der Waals surface area contributed by atoms with Crippen molar-refractivity contribution in [2.24, 2.45) is 5.92 Å². The molecule has 0 aliphatic rings. The van der Waals surface area contributed by atoms with Crippen molar-refractivity contribution in [3.8, 4) is 11.5 Å². The molecule has 0 atom stereocenters. The lowest BCUT2D eigenvalue weighted by atomic mass is 10.1. The number of benzene rings is 1. The first-order chi connectivity index (χ1) is 10.6. The van der Waals surface area contributed by atoms with Gasteiger partial charge < -0.3 is 20.1 Å². The molecule has 2 N–H and O–H groups in total. The van der Waals surface area contributed by atoms with E-state index in [1.165, 1.54) is 0 Å². The maximum absolute atomic E-state index is 12.1. The van der Waals surface area contributed by atoms with E-state index < -0.39 is 0 Å². The average molecular weight is 345 g/mol. The summed E-state index contributed by atoms with van der Waals surface area (Å²) in [7, 11) is 3.48. The number of hydrogen-bond acceptors (Lipinski definition) is 4. The van der Waals surface area contributed by atoms with E-state index in [1.807, 2.05) is 7.05 Å². The van der Waals surface area contributed by atoms with Gasteiger partial charge in [0.1, 0.15) is 0 Å². The Morgan fingerprint density at radius 3 is 2.57 bits per heavy atom. The minimum atomic E-state index is -0.0943. The van der Waals surface area contributed by atoms with E-state index in [1.54, 1.807) is 25.3 Å². The normalized spacial score (nSPS) is 10.1. The van der Waals surface area contributed by atoms with Gasteiger partial charge in [0.15, 0.2) is 11.5 Å². The second kappa shape index (κ2) is 12.0. The monoisotopic (exact) mass is 344 g/mol. The highest BCUT2D eigenvalue weighted by molar-refractivity contribution is 5.94. The van der Waals surface area contributed by atoms with Crippen LogP contribution in [0.4, 0.5) is 0 Å². The Morgan fingerprint density at radius 1 is 1.22 bits per heavy atom. The number of rotatable bonds is 10. The first-order valence-corrected chi connectivity index (χ1v) is 7.82. The van der Waals surface area contributed by atoms with E-state index in [4.69, 9.17) is 9.47 Å². The lowest BCUT2D eigenvalue weighted by Gasteiger charge is -2.13. The highest BCUT2D eigenvalue weighted by Crippen LogP contribution is 2.28. The van der Waals surface area contributed by atoms with Gasteiger partial charge in [0, 0.05) is 12.1 Å². The summed E-state index contributed by atoms with van der Waals surface area (Å²) in [6.07, 6.45) is 1.88. The summed E-state index contributed by atoms with van der Waals surface area (Å²) >= 11 is 0. The Labute approximate surface area is 145 Å². The minimum absolute atomic E-state index is 0. The molecular formula is C17H29ClN2O3. The fourth-order valence-corrected chi connectivity index (χ4v) is 1.90. The van der Waals surface area contributed by atoms with Crippen molar-refractivity contribution >= 4 is 18.3 Å². The van der Waals surface area contributed by atoms with Crippen LogP contribution in [0, 0.1) is 5.92 Å². The number of hydrogen-bond donors (Lipinski definition) is 2. The molecule has 0 aromatic heterocycles. The van der Waals surface area contributed by atoms with Gasteiger partial charge in [-0.1, -0.05) is 13.8 Å². The molecule has 23 heavy (non-hydrogen) atoms. The standard InChI is InChI=1S/C17H28N2O3.ClH/c1-13(2)8-11-22-15-7-6-14(12-16(15)21-4)17(20)19-10-5-9-18-3;/h6-7,12-13,18H,5,8-11H2,1-4H3,(H,19,20);1H. The maximum Gasteiger partial charge on any atom is 0.251 e. The number of halogens is 1. The van der Waals surface area contributed by atoms with Crippen LogP contribution in [0.2, 0.25) is 0 Å². The number of ether oxygens (including phenoxy) is 2. The molecule has 132 valence electrons. The summed E-state index contributed by atoms with van der Waals surface area (Å²) in [6.45, 7) is 6.48. The van der Waals surface area contributed by atoms with E-state index in [0.717, 1.165) is 19.4 Å². The van der Waals surface area contributed by atoms with E-state index in [0.29, 0.717) is 36.1 Å². The van der Waals surface area contributed by atoms with Gasteiger partial charge in [0.05, 0.1) is 13.7 Å². The van der Waals surface area contributed by atoms with Crippen LogP contribution >= 0.6 is 12.4 Å². The van der Waals surface area contributed by atoms with Crippen molar-refractivity contribution in [3.63, 3.8) is 0 Å². The largest absolute Gasteiger partial charge is 0.493 e. The molecular weight excluding hydrogens is 316 g/mol. The molecule has 1 aromatic carbocycles. The molecule has 1 amide bonds. The summed E-state index contributed by atoms with van der Waals surface area (Å²) in [5.41, 5.74) is 0.581. The number of methoxy groups -OCH3 is 1. The highest BCUT2D eigenvalue weighted by Gasteiger charge is 2.11. The Balaban J connectivity index is 0.00000484. The molecule has 0 aliphatic carbocycles. The molecule has 6 heteroatoms. The summed E-state index contributed by atoms with van der Waals surface area (Å²) in [4.78, 5) is 12.1. The lowest BCUT2D eigenvalue weighted by Crippen LogP contribution is -2.26. The summed E-state index contributed by atoms with van der Waals surface area (Å²) in [5, 5.41) is 5.93. The molecule has 0 radical (unpaired) electrons. The third kappa shape index (κ3) is 8.09. The second-order valence-electron chi connectivity index (χ2n) is 5.61. The molecule has 0 fully saturated rings. The molecule has 1 rings (SSSR count). The molecule has 0 heterocycles. The molecule has 0 saturated heterocycles. The third-order valence-corrected chi connectivity index (χ3v) is 3.27. The van der Waals surface area contributed by atoms with Crippen LogP contribution < -0.4 is 20.1 Å². The Hall–Kier alpha value is -1.46. The van der Waals surface area contributed by atoms with Crippen LogP contribution in [-0.2, 0) is 0 Å². The van der Waals surface area contributed by atoms with Crippen molar-refractivity contribution < 1.29 is 14.3 Å². The van der Waals surface area contributed by atoms with E-state index >= 15 is 0 Å². The number of carbonyl (C=O) groups excluding carboxylic acids is 1. The average Bonchev–Trinajstić information content (AvgIpc) is 2.51. The third-order valence-electron chi connectivity index (χ3n) is 3.27. The maximum atomic E-state index is 12.1. The van der Waals surface area contributed by atoms with E-state index in [-0.39, 0.29) is 18.3 Å². The van der Waals surface area contributed by atoms with Crippen LogP contribution in [0.25, 0.3) is 0 Å². The van der Waals surface area contributed by atoms with Gasteiger partial charge >= 0.3 is 0 Å². The predicted molar refractivity (Wildman–Crippen MR) is 96.1 cm³/mol. The first-order valence-electron chi connectivity index (χ1n) is 7.82. The van der Waals surface area contributed by atoms with Gasteiger partial charge in [-0.05, 0) is 50.6 Å². The van der Waals surface area contributed by atoms with E-state index in [9.17, 15) is 4.79 Å². The topological polar surface area (TPSA) is 59.6 Å². The Bertz CT molecular complexity index is 467. The van der Waals surface area contributed by atoms with Crippen molar-refractivity contribution in [1.82, 2.24) is 10.6 Å². The zero-order valence-electron chi connectivity index (χ0n) is 14.5. The lowest BCUT2D eigenvalue weighted by molar-refractivity contribution is 0.0953. The fourth-order valence-electron chi connectivity index (χ4n) is 1.90. The zero-order chi connectivity index (χ0) is 16.4. The van der Waals surface area contributed by atoms with Gasteiger partial charge in [-0.3, -0.25) is 4.79 Å². The van der Waals surface area contributed by atoms with Crippen LogP contribution in [0.3, 0.4) is 0 Å². The molecule has 1 aromatic rings. The zero-order valence-corrected chi connectivity index (χ0v) is 15.3. The Kier molecular flexibility index (Phi) is 11.3. The smallest absolute Gasteiger partial charge is 0.251 e. The van der Waals surface area contributed by atoms with Crippen LogP contribution in [0.15, 0.2) is 18.2 Å². The molecule has 0 bridgehead atoms. The minimum Gasteiger partial charge on any atom is -0.493 e. The van der Waals surface area contributed by atoms with Crippen LogP contribution in [-0.4, -0.2) is 39.8 Å². The van der Waals surface area contributed by atoms with Crippen molar-refractivity contribution in [2.75, 3.05) is 33.9 Å². The summed E-state index contributed by atoms with van der Waals surface area (Å²) in [5.74, 6) is 1.76. The van der Waals surface area contributed by atoms with E-state index in [2.05, 4.69) is 24.5 Å². The quantitative estimate of drug-likeness (QED) is 0.641. The van der Waals surface area contributed by atoms with Crippen molar-refractivity contribution in [3.05, 3.63) is 23.8 Å².